The zero-order chi connectivity index (χ0) is 13.3. The fourth-order valence-electron chi connectivity index (χ4n) is 2.54. The fourth-order valence-corrected chi connectivity index (χ4v) is 2.54. The minimum atomic E-state index is -0.572. The molecule has 2 aliphatic heterocycles. The van der Waals surface area contributed by atoms with E-state index in [0.717, 1.165) is 32.5 Å². The van der Waals surface area contributed by atoms with Gasteiger partial charge in [0.1, 0.15) is 24.8 Å². The molecule has 104 valence electrons. The van der Waals surface area contributed by atoms with Crippen LogP contribution in [0.2, 0.25) is 0 Å². The Hall–Kier alpha value is -1.36. The lowest BCUT2D eigenvalue weighted by molar-refractivity contribution is 0.258. The minimum absolute atomic E-state index is 0.0393. The van der Waals surface area contributed by atoms with Gasteiger partial charge in [-0.3, -0.25) is 0 Å². The Bertz CT molecular complexity index is 453. The van der Waals surface area contributed by atoms with Crippen molar-refractivity contribution < 1.29 is 18.3 Å². The van der Waals surface area contributed by atoms with Crippen molar-refractivity contribution in [3.63, 3.8) is 0 Å². The first-order valence-electron chi connectivity index (χ1n) is 6.60. The average molecular weight is 269 g/mol. The second-order valence-corrected chi connectivity index (χ2v) is 5.11. The zero-order valence-electron chi connectivity index (χ0n) is 10.7. The van der Waals surface area contributed by atoms with E-state index in [1.165, 1.54) is 6.07 Å². The van der Waals surface area contributed by atoms with Crippen molar-refractivity contribution in [3.05, 3.63) is 24.0 Å². The Morgan fingerprint density at radius 1 is 1.32 bits per heavy atom. The first kappa shape index (κ1) is 12.7. The number of hydrogen-bond acceptors (Lipinski definition) is 3. The summed E-state index contributed by atoms with van der Waals surface area (Å²) >= 11 is 0. The van der Waals surface area contributed by atoms with Gasteiger partial charge in [-0.25, -0.2) is 8.78 Å². The number of ether oxygens (including phenoxy) is 2. The Kier molecular flexibility index (Phi) is 3.31. The lowest BCUT2D eigenvalue weighted by atomic mass is 9.97. The van der Waals surface area contributed by atoms with Crippen molar-refractivity contribution in [2.75, 3.05) is 37.9 Å². The van der Waals surface area contributed by atoms with Gasteiger partial charge in [0.05, 0.1) is 17.9 Å². The highest BCUT2D eigenvalue weighted by Gasteiger charge is 2.46. The predicted molar refractivity (Wildman–Crippen MR) is 68.0 cm³/mol. The minimum Gasteiger partial charge on any atom is -0.491 e. The van der Waals surface area contributed by atoms with Crippen LogP contribution in [-0.2, 0) is 4.74 Å². The lowest BCUT2D eigenvalue weighted by Gasteiger charge is -2.32. The molecule has 0 saturated carbocycles. The number of anilines is 1. The van der Waals surface area contributed by atoms with Gasteiger partial charge in [-0.2, -0.15) is 0 Å². The molecule has 0 aliphatic carbocycles. The van der Waals surface area contributed by atoms with Crippen LogP contribution in [0.25, 0.3) is 0 Å². The Morgan fingerprint density at radius 3 is 2.63 bits per heavy atom. The molecule has 3 rings (SSSR count). The van der Waals surface area contributed by atoms with Gasteiger partial charge in [-0.15, -0.1) is 0 Å². The molecule has 0 amide bonds. The molecule has 2 saturated heterocycles. The third-order valence-electron chi connectivity index (χ3n) is 3.83. The van der Waals surface area contributed by atoms with E-state index in [1.54, 1.807) is 12.1 Å². The number of benzene rings is 1. The van der Waals surface area contributed by atoms with Gasteiger partial charge in [-0.1, -0.05) is 0 Å². The Labute approximate surface area is 111 Å². The van der Waals surface area contributed by atoms with Crippen LogP contribution in [0.4, 0.5) is 14.5 Å². The molecular weight excluding hydrogens is 252 g/mol. The van der Waals surface area contributed by atoms with Crippen LogP contribution < -0.4 is 9.64 Å². The topological polar surface area (TPSA) is 25.0 Å². The van der Waals surface area contributed by atoms with Gasteiger partial charge in [-0.05, 0) is 25.0 Å². The van der Waals surface area contributed by atoms with Crippen LogP contribution in [0, 0.1) is 5.82 Å². The van der Waals surface area contributed by atoms with Crippen LogP contribution >= 0.6 is 0 Å². The fraction of sp³-hybridized carbons (Fsp3) is 0.571. The first-order chi connectivity index (χ1) is 9.22. The second-order valence-electron chi connectivity index (χ2n) is 5.11. The van der Waals surface area contributed by atoms with Crippen LogP contribution in [0.3, 0.4) is 0 Å². The summed E-state index contributed by atoms with van der Waals surface area (Å²) in [7, 11) is 0. The average Bonchev–Trinajstić information content (AvgIpc) is 3.18. The van der Waals surface area contributed by atoms with E-state index >= 15 is 0 Å². The van der Waals surface area contributed by atoms with E-state index in [0.29, 0.717) is 11.4 Å². The number of nitrogens with zero attached hydrogens (tertiary/aromatic N) is 1. The summed E-state index contributed by atoms with van der Waals surface area (Å²) in [5, 5.41) is 0. The molecule has 19 heavy (non-hydrogen) atoms. The van der Waals surface area contributed by atoms with Gasteiger partial charge in [0.2, 0.25) is 0 Å². The van der Waals surface area contributed by atoms with Crippen molar-refractivity contribution in [1.29, 1.82) is 0 Å². The van der Waals surface area contributed by atoms with Gasteiger partial charge >= 0.3 is 0 Å². The summed E-state index contributed by atoms with van der Waals surface area (Å²) in [6, 6.07) is 4.71. The molecule has 1 spiro atoms. The van der Waals surface area contributed by atoms with Gasteiger partial charge < -0.3 is 14.4 Å². The van der Waals surface area contributed by atoms with Gasteiger partial charge in [0, 0.05) is 19.2 Å². The van der Waals surface area contributed by atoms with Crippen molar-refractivity contribution >= 4 is 5.69 Å². The first-order valence-corrected chi connectivity index (χ1v) is 6.60. The number of rotatable bonds is 4. The summed E-state index contributed by atoms with van der Waals surface area (Å²) in [6.45, 7) is 1.85. The van der Waals surface area contributed by atoms with Crippen molar-refractivity contribution in [2.45, 2.75) is 18.4 Å². The van der Waals surface area contributed by atoms with E-state index < -0.39 is 6.67 Å². The molecule has 3 nitrogen and oxygen atoms in total. The standard InChI is InChI=1S/C14H17F2NO2/c15-5-8-18-11-1-2-13(12(16)9-11)17-6-3-14(4-7-17)10-19-14/h1-2,9H,3-8,10H2. The van der Waals surface area contributed by atoms with Crippen LogP contribution in [-0.4, -0.2) is 38.6 Å². The zero-order valence-corrected chi connectivity index (χ0v) is 10.7. The van der Waals surface area contributed by atoms with E-state index in [2.05, 4.69) is 0 Å². The molecule has 1 aromatic carbocycles. The molecule has 2 aliphatic rings. The number of piperidine rings is 1. The summed E-state index contributed by atoms with van der Waals surface area (Å²) in [5.41, 5.74) is 0.681. The molecule has 1 aromatic rings. The molecule has 0 atom stereocenters. The molecule has 0 unspecified atom stereocenters. The number of alkyl halides is 1. The number of hydrogen-bond donors (Lipinski definition) is 0. The third-order valence-corrected chi connectivity index (χ3v) is 3.83. The molecule has 5 heteroatoms. The SMILES string of the molecule is FCCOc1ccc(N2CCC3(CC2)CO3)c(F)c1. The van der Waals surface area contributed by atoms with E-state index in [-0.39, 0.29) is 18.0 Å². The molecule has 2 heterocycles. The molecular formula is C14H17F2NO2. The molecule has 0 radical (unpaired) electrons. The maximum Gasteiger partial charge on any atom is 0.150 e. The smallest absolute Gasteiger partial charge is 0.150 e. The highest BCUT2D eigenvalue weighted by molar-refractivity contribution is 5.51. The van der Waals surface area contributed by atoms with Crippen molar-refractivity contribution in [1.82, 2.24) is 0 Å². The summed E-state index contributed by atoms with van der Waals surface area (Å²) in [5.74, 6) is 0.0573. The predicted octanol–water partition coefficient (Wildman–Crippen LogP) is 2.54. The van der Waals surface area contributed by atoms with Crippen LogP contribution in [0.15, 0.2) is 18.2 Å². The monoisotopic (exact) mass is 269 g/mol. The van der Waals surface area contributed by atoms with Crippen molar-refractivity contribution in [2.24, 2.45) is 0 Å². The van der Waals surface area contributed by atoms with E-state index in [4.69, 9.17) is 9.47 Å². The van der Waals surface area contributed by atoms with E-state index in [1.807, 2.05) is 4.90 Å². The maximum atomic E-state index is 14.0. The van der Waals surface area contributed by atoms with Crippen LogP contribution in [0.1, 0.15) is 12.8 Å². The molecule has 2 fully saturated rings. The van der Waals surface area contributed by atoms with Gasteiger partial charge in [0.25, 0.3) is 0 Å². The molecule has 0 aromatic heterocycles. The molecule has 0 bridgehead atoms. The largest absolute Gasteiger partial charge is 0.491 e. The maximum absolute atomic E-state index is 14.0. The summed E-state index contributed by atoms with van der Waals surface area (Å²) < 4.78 is 36.5. The van der Waals surface area contributed by atoms with E-state index in [9.17, 15) is 8.78 Å². The third kappa shape index (κ3) is 2.66. The van der Waals surface area contributed by atoms with Crippen LogP contribution in [0.5, 0.6) is 5.75 Å². The quantitative estimate of drug-likeness (QED) is 0.785. The number of epoxide rings is 1. The Balaban J connectivity index is 1.67. The Morgan fingerprint density at radius 2 is 2.05 bits per heavy atom. The molecule has 0 N–H and O–H groups in total. The highest BCUT2D eigenvalue weighted by Crippen LogP contribution is 2.39. The normalized spacial score (nSPS) is 20.6. The highest BCUT2D eigenvalue weighted by atomic mass is 19.1. The second kappa shape index (κ2) is 4.96. The van der Waals surface area contributed by atoms with Gasteiger partial charge in [0.15, 0.2) is 0 Å². The van der Waals surface area contributed by atoms with Crippen molar-refractivity contribution in [3.8, 4) is 5.75 Å². The lowest BCUT2D eigenvalue weighted by Crippen LogP contribution is -2.38. The summed E-state index contributed by atoms with van der Waals surface area (Å²) in [6.07, 6.45) is 1.90. The summed E-state index contributed by atoms with van der Waals surface area (Å²) in [4.78, 5) is 2.03. The number of halogens is 2.